The molecule has 0 aliphatic rings. The van der Waals surface area contributed by atoms with Crippen LogP contribution in [0.1, 0.15) is 18.6 Å². The van der Waals surface area contributed by atoms with Crippen molar-refractivity contribution in [1.82, 2.24) is 4.98 Å². The van der Waals surface area contributed by atoms with Crippen molar-refractivity contribution in [2.75, 3.05) is 0 Å². The van der Waals surface area contributed by atoms with Gasteiger partial charge in [0.2, 0.25) is 5.88 Å². The van der Waals surface area contributed by atoms with Crippen LogP contribution < -0.4 is 4.74 Å². The van der Waals surface area contributed by atoms with E-state index in [4.69, 9.17) is 16.3 Å². The maximum Gasteiger partial charge on any atom is 0.219 e. The lowest BCUT2D eigenvalue weighted by Crippen LogP contribution is -1.93. The van der Waals surface area contributed by atoms with Crippen molar-refractivity contribution in [1.29, 1.82) is 0 Å². The van der Waals surface area contributed by atoms with Gasteiger partial charge in [-0.2, -0.15) is 0 Å². The number of nitrogens with zero attached hydrogens (tertiary/aromatic N) is 1. The molecule has 0 saturated carbocycles. The number of benzene rings is 1. The van der Waals surface area contributed by atoms with E-state index in [2.05, 4.69) is 4.98 Å². The van der Waals surface area contributed by atoms with E-state index in [0.717, 1.165) is 5.56 Å². The molecule has 1 aromatic heterocycles. The molecule has 0 amide bonds. The van der Waals surface area contributed by atoms with Gasteiger partial charge in [0.05, 0.1) is 6.10 Å². The van der Waals surface area contributed by atoms with Crippen molar-refractivity contribution >= 4 is 11.6 Å². The summed E-state index contributed by atoms with van der Waals surface area (Å²) in [6.45, 7) is 1.69. The Morgan fingerprint density at radius 2 is 2.12 bits per heavy atom. The Morgan fingerprint density at radius 1 is 1.29 bits per heavy atom. The lowest BCUT2D eigenvalue weighted by Gasteiger charge is -2.07. The van der Waals surface area contributed by atoms with Gasteiger partial charge in [0, 0.05) is 17.3 Å². The molecule has 1 heterocycles. The van der Waals surface area contributed by atoms with Gasteiger partial charge in [-0.1, -0.05) is 17.7 Å². The summed E-state index contributed by atoms with van der Waals surface area (Å²) < 4.78 is 5.52. The number of aliphatic hydroxyl groups is 1. The molecule has 0 radical (unpaired) electrons. The highest BCUT2D eigenvalue weighted by Crippen LogP contribution is 2.23. The third kappa shape index (κ3) is 3.19. The van der Waals surface area contributed by atoms with Crippen molar-refractivity contribution in [3.63, 3.8) is 0 Å². The number of pyridine rings is 1. The second-order valence-corrected chi connectivity index (χ2v) is 4.10. The minimum atomic E-state index is -0.525. The van der Waals surface area contributed by atoms with E-state index in [-0.39, 0.29) is 0 Å². The predicted octanol–water partition coefficient (Wildman–Crippen LogP) is 3.58. The largest absolute Gasteiger partial charge is 0.439 e. The van der Waals surface area contributed by atoms with Gasteiger partial charge in [-0.25, -0.2) is 4.98 Å². The zero-order valence-electron chi connectivity index (χ0n) is 9.30. The van der Waals surface area contributed by atoms with Crippen LogP contribution in [0.15, 0.2) is 42.6 Å². The summed E-state index contributed by atoms with van der Waals surface area (Å²) in [7, 11) is 0. The summed E-state index contributed by atoms with van der Waals surface area (Å²) in [5.74, 6) is 1.10. The minimum Gasteiger partial charge on any atom is -0.439 e. The Hall–Kier alpha value is -1.58. The molecule has 1 unspecified atom stereocenters. The van der Waals surface area contributed by atoms with Gasteiger partial charge in [-0.15, -0.1) is 0 Å². The quantitative estimate of drug-likeness (QED) is 0.904. The van der Waals surface area contributed by atoms with Crippen LogP contribution in [0.2, 0.25) is 5.02 Å². The molecule has 1 atom stereocenters. The van der Waals surface area contributed by atoms with Gasteiger partial charge in [0.1, 0.15) is 5.75 Å². The Morgan fingerprint density at radius 3 is 2.71 bits per heavy atom. The molecule has 88 valence electrons. The van der Waals surface area contributed by atoms with Crippen LogP contribution in [-0.4, -0.2) is 10.1 Å². The lowest BCUT2D eigenvalue weighted by atomic mass is 10.2. The number of hydrogen-bond acceptors (Lipinski definition) is 3. The molecule has 0 saturated heterocycles. The normalized spacial score (nSPS) is 12.2. The number of ether oxygens (including phenoxy) is 1. The molecule has 0 fully saturated rings. The zero-order chi connectivity index (χ0) is 12.3. The molecule has 3 nitrogen and oxygen atoms in total. The van der Waals surface area contributed by atoms with Gasteiger partial charge in [-0.3, -0.25) is 0 Å². The maximum absolute atomic E-state index is 9.34. The Bertz CT molecular complexity index is 497. The first-order valence-electron chi connectivity index (χ1n) is 5.22. The molecule has 1 aromatic carbocycles. The Balaban J connectivity index is 2.14. The monoisotopic (exact) mass is 249 g/mol. The van der Waals surface area contributed by atoms with Gasteiger partial charge >= 0.3 is 0 Å². The van der Waals surface area contributed by atoms with Crippen molar-refractivity contribution < 1.29 is 9.84 Å². The summed E-state index contributed by atoms with van der Waals surface area (Å²) in [5, 5.41) is 9.96. The van der Waals surface area contributed by atoms with E-state index in [9.17, 15) is 5.11 Å². The fourth-order valence-electron chi connectivity index (χ4n) is 1.35. The van der Waals surface area contributed by atoms with Crippen molar-refractivity contribution in [2.45, 2.75) is 13.0 Å². The number of halogens is 1. The smallest absolute Gasteiger partial charge is 0.219 e. The van der Waals surface area contributed by atoms with Gasteiger partial charge in [0.15, 0.2) is 0 Å². The fraction of sp³-hybridized carbons (Fsp3) is 0.154. The molecule has 1 N–H and O–H groups in total. The highest BCUT2D eigenvalue weighted by molar-refractivity contribution is 6.30. The van der Waals surface area contributed by atoms with E-state index in [1.807, 2.05) is 6.07 Å². The molecule has 0 aliphatic carbocycles. The summed E-state index contributed by atoms with van der Waals surface area (Å²) in [5.41, 5.74) is 0.753. The van der Waals surface area contributed by atoms with Crippen LogP contribution in [-0.2, 0) is 0 Å². The molecule has 0 bridgehead atoms. The molecule has 17 heavy (non-hydrogen) atoms. The van der Waals surface area contributed by atoms with E-state index in [1.54, 1.807) is 43.5 Å². The van der Waals surface area contributed by atoms with Gasteiger partial charge in [0.25, 0.3) is 0 Å². The summed E-state index contributed by atoms with van der Waals surface area (Å²) in [4.78, 5) is 4.10. The van der Waals surface area contributed by atoms with Crippen LogP contribution in [0.25, 0.3) is 0 Å². The van der Waals surface area contributed by atoms with E-state index in [1.165, 1.54) is 0 Å². The fourth-order valence-corrected chi connectivity index (χ4v) is 1.53. The average molecular weight is 250 g/mol. The number of rotatable bonds is 3. The van der Waals surface area contributed by atoms with Crippen LogP contribution in [0.5, 0.6) is 11.6 Å². The lowest BCUT2D eigenvalue weighted by molar-refractivity contribution is 0.198. The van der Waals surface area contributed by atoms with Gasteiger partial charge in [-0.05, 0) is 36.8 Å². The molecule has 2 rings (SSSR count). The zero-order valence-corrected chi connectivity index (χ0v) is 10.1. The standard InChI is InChI=1S/C13H12ClNO2/c1-9(16)10-5-6-13(15-8-10)17-12-4-2-3-11(14)7-12/h2-9,16H,1H3. The first-order valence-corrected chi connectivity index (χ1v) is 5.60. The number of aliphatic hydroxyl groups excluding tert-OH is 1. The SMILES string of the molecule is CC(O)c1ccc(Oc2cccc(Cl)c2)nc1. The topological polar surface area (TPSA) is 42.4 Å². The second-order valence-electron chi connectivity index (χ2n) is 3.67. The van der Waals surface area contributed by atoms with E-state index in [0.29, 0.717) is 16.7 Å². The molecule has 4 heteroatoms. The highest BCUT2D eigenvalue weighted by Gasteiger charge is 2.03. The van der Waals surface area contributed by atoms with E-state index < -0.39 is 6.10 Å². The molecule has 0 spiro atoms. The third-order valence-corrected chi connectivity index (χ3v) is 2.50. The number of hydrogen-bond donors (Lipinski definition) is 1. The minimum absolute atomic E-state index is 0.469. The summed E-state index contributed by atoms with van der Waals surface area (Å²) in [6.07, 6.45) is 1.06. The maximum atomic E-state index is 9.34. The van der Waals surface area contributed by atoms with Crippen LogP contribution in [0.4, 0.5) is 0 Å². The van der Waals surface area contributed by atoms with Crippen molar-refractivity contribution in [2.24, 2.45) is 0 Å². The summed E-state index contributed by atoms with van der Waals surface area (Å²) in [6, 6.07) is 10.6. The van der Waals surface area contributed by atoms with E-state index >= 15 is 0 Å². The van der Waals surface area contributed by atoms with Crippen LogP contribution in [0, 0.1) is 0 Å². The molecule has 0 aliphatic heterocycles. The first kappa shape index (κ1) is 11.9. The van der Waals surface area contributed by atoms with Crippen LogP contribution in [0.3, 0.4) is 0 Å². The van der Waals surface area contributed by atoms with Crippen molar-refractivity contribution in [3.05, 3.63) is 53.2 Å². The average Bonchev–Trinajstić information content (AvgIpc) is 2.29. The first-order chi connectivity index (χ1) is 8.15. The second kappa shape index (κ2) is 5.17. The molecular weight excluding hydrogens is 238 g/mol. The summed E-state index contributed by atoms with van der Waals surface area (Å²) >= 11 is 5.84. The Kier molecular flexibility index (Phi) is 3.61. The number of aromatic nitrogens is 1. The van der Waals surface area contributed by atoms with Crippen LogP contribution >= 0.6 is 11.6 Å². The van der Waals surface area contributed by atoms with Gasteiger partial charge < -0.3 is 9.84 Å². The molecule has 2 aromatic rings. The van der Waals surface area contributed by atoms with Crippen molar-refractivity contribution in [3.8, 4) is 11.6 Å². The predicted molar refractivity (Wildman–Crippen MR) is 66.4 cm³/mol. The third-order valence-electron chi connectivity index (χ3n) is 2.26. The molecular formula is C13H12ClNO2. The highest BCUT2D eigenvalue weighted by atomic mass is 35.5. The Labute approximate surface area is 105 Å².